The van der Waals surface area contributed by atoms with Crippen molar-refractivity contribution in [3.8, 4) is 5.75 Å². The van der Waals surface area contributed by atoms with Crippen LogP contribution < -0.4 is 10.5 Å². The van der Waals surface area contributed by atoms with E-state index < -0.39 is 0 Å². The van der Waals surface area contributed by atoms with Crippen LogP contribution in [0.4, 0.5) is 0 Å². The van der Waals surface area contributed by atoms with Gasteiger partial charge in [-0.3, -0.25) is 10.5 Å². The number of rotatable bonds is 4. The van der Waals surface area contributed by atoms with E-state index >= 15 is 0 Å². The Morgan fingerprint density at radius 3 is 2.86 bits per heavy atom. The molecule has 1 aromatic rings. The van der Waals surface area contributed by atoms with Crippen molar-refractivity contribution in [1.82, 2.24) is 0 Å². The van der Waals surface area contributed by atoms with Crippen molar-refractivity contribution in [2.75, 3.05) is 0 Å². The lowest BCUT2D eigenvalue weighted by molar-refractivity contribution is 0.229. The normalized spacial score (nSPS) is 12.7. The van der Waals surface area contributed by atoms with E-state index in [9.17, 15) is 4.79 Å². The zero-order chi connectivity index (χ0) is 10.4. The van der Waals surface area contributed by atoms with E-state index in [-0.39, 0.29) is 6.23 Å². The van der Waals surface area contributed by atoms with Gasteiger partial charge in [0.1, 0.15) is 12.0 Å². The summed E-state index contributed by atoms with van der Waals surface area (Å²) in [5.41, 5.74) is 6.31. The number of carbonyl (C=O) groups excluding carboxylic acids is 1. The van der Waals surface area contributed by atoms with E-state index in [1.165, 1.54) is 6.08 Å². The van der Waals surface area contributed by atoms with Gasteiger partial charge in [-0.1, -0.05) is 18.2 Å². The highest BCUT2D eigenvalue weighted by molar-refractivity contribution is 5.75. The lowest BCUT2D eigenvalue weighted by atomic mass is 10.2. The number of allylic oxidation sites excluding steroid dienone is 1. The fraction of sp³-hybridized carbons (Fsp3) is 0.182. The quantitative estimate of drug-likeness (QED) is 0.578. The monoisotopic (exact) mass is 190 g/mol. The Bertz CT molecular complexity index is 332. The van der Waals surface area contributed by atoms with Crippen LogP contribution in [-0.2, 0) is 4.79 Å². The first-order valence-corrected chi connectivity index (χ1v) is 4.29. The Balaban J connectivity index is 2.90. The molecule has 2 N–H and O–H groups in total. The summed E-state index contributed by atoms with van der Waals surface area (Å²) in [4.78, 5) is 10.0. The van der Waals surface area contributed by atoms with Crippen molar-refractivity contribution < 1.29 is 9.53 Å². The highest BCUT2D eigenvalue weighted by Gasteiger charge is 2.01. The maximum Gasteiger partial charge on any atom is 0.225 e. The van der Waals surface area contributed by atoms with Crippen molar-refractivity contribution in [1.29, 1.82) is 0 Å². The molecule has 0 aliphatic rings. The molecule has 1 unspecified atom stereocenters. The molecule has 0 aliphatic heterocycles. The molecule has 3 heteroatoms. The van der Waals surface area contributed by atoms with Crippen LogP contribution in [0.5, 0.6) is 5.75 Å². The van der Waals surface area contributed by atoms with Crippen LogP contribution in [-0.4, -0.2) is 12.5 Å². The molecular weight excluding hydrogens is 178 g/mol. The number of para-hydroxylation sites is 1. The molecule has 14 heavy (non-hydrogen) atoms. The van der Waals surface area contributed by atoms with Gasteiger partial charge >= 0.3 is 0 Å². The van der Waals surface area contributed by atoms with Crippen molar-refractivity contribution >= 4 is 12.4 Å². The second-order valence-corrected chi connectivity index (χ2v) is 2.81. The Hall–Kier alpha value is -1.61. The molecule has 0 aliphatic carbocycles. The maximum absolute atomic E-state index is 10.0. The van der Waals surface area contributed by atoms with Gasteiger partial charge in [-0.25, -0.2) is 0 Å². The minimum atomic E-state index is -0.371. The molecule has 0 fully saturated rings. The minimum absolute atomic E-state index is 0.371. The molecule has 1 rings (SSSR count). The number of hydrogen-bond acceptors (Lipinski definition) is 3. The topological polar surface area (TPSA) is 52.3 Å². The lowest BCUT2D eigenvalue weighted by Crippen LogP contribution is -2.22. The van der Waals surface area contributed by atoms with Crippen molar-refractivity contribution in [2.45, 2.75) is 13.2 Å². The molecule has 0 spiro atoms. The van der Waals surface area contributed by atoms with Gasteiger partial charge < -0.3 is 4.74 Å². The summed E-state index contributed by atoms with van der Waals surface area (Å²) in [5.74, 6) is 0.661. The predicted octanol–water partition coefficient (Wildman–Crippen LogP) is 1.49. The van der Waals surface area contributed by atoms with E-state index in [0.717, 1.165) is 5.56 Å². The highest BCUT2D eigenvalue weighted by atomic mass is 16.5. The van der Waals surface area contributed by atoms with Gasteiger partial charge in [0.25, 0.3) is 0 Å². The molecule has 0 heterocycles. The molecule has 1 aromatic carbocycles. The fourth-order valence-electron chi connectivity index (χ4n) is 1.05. The van der Waals surface area contributed by atoms with Gasteiger partial charge in [0.05, 0.1) is 0 Å². The summed E-state index contributed by atoms with van der Waals surface area (Å²) in [6.07, 6.45) is 4.23. The second kappa shape index (κ2) is 5.19. The first-order valence-electron chi connectivity index (χ1n) is 4.29. The minimum Gasteiger partial charge on any atom is -0.475 e. The third-order valence-corrected chi connectivity index (χ3v) is 1.56. The lowest BCUT2D eigenvalue weighted by Gasteiger charge is -2.11. The van der Waals surface area contributed by atoms with Gasteiger partial charge in [0.15, 0.2) is 0 Å². The standard InChI is InChI=1S/C11H12NO2/c1-9(12)14-11-7-3-2-5-10(11)6-4-8-13/h2-7,9H,12H2,1H3/b6-4+. The first-order chi connectivity index (χ1) is 6.74. The van der Waals surface area contributed by atoms with E-state index in [0.29, 0.717) is 5.75 Å². The zero-order valence-electron chi connectivity index (χ0n) is 7.94. The summed E-state index contributed by atoms with van der Waals surface area (Å²) in [6.45, 7) is 1.74. The molecule has 0 saturated heterocycles. The molecule has 1 radical (unpaired) electrons. The van der Waals surface area contributed by atoms with Gasteiger partial charge in [-0.15, -0.1) is 0 Å². The zero-order valence-corrected chi connectivity index (χ0v) is 7.94. The fourth-order valence-corrected chi connectivity index (χ4v) is 1.05. The molecule has 0 amide bonds. The van der Waals surface area contributed by atoms with E-state index in [1.54, 1.807) is 25.4 Å². The van der Waals surface area contributed by atoms with Crippen molar-refractivity contribution in [3.05, 3.63) is 35.9 Å². The molecule has 73 valence electrons. The first kappa shape index (κ1) is 10.5. The Morgan fingerprint density at radius 2 is 2.21 bits per heavy atom. The summed E-state index contributed by atoms with van der Waals surface area (Å²) >= 11 is 0. The number of nitrogens with two attached hydrogens (primary N) is 1. The summed E-state index contributed by atoms with van der Waals surface area (Å²) in [7, 11) is 0. The van der Waals surface area contributed by atoms with Gasteiger partial charge in [0, 0.05) is 5.56 Å². The average Bonchev–Trinajstić information content (AvgIpc) is 2.16. The van der Waals surface area contributed by atoms with Gasteiger partial charge in [0.2, 0.25) is 6.29 Å². The van der Waals surface area contributed by atoms with E-state index in [1.807, 2.05) is 18.2 Å². The number of hydrogen-bond donors (Lipinski definition) is 1. The van der Waals surface area contributed by atoms with Gasteiger partial charge in [-0.05, 0) is 25.1 Å². The molecule has 0 bridgehead atoms. The Morgan fingerprint density at radius 1 is 1.50 bits per heavy atom. The Kier molecular flexibility index (Phi) is 3.88. The number of benzene rings is 1. The maximum atomic E-state index is 10.0. The summed E-state index contributed by atoms with van der Waals surface area (Å²) in [6, 6.07) is 7.34. The third kappa shape index (κ3) is 3.03. The average molecular weight is 190 g/mol. The third-order valence-electron chi connectivity index (χ3n) is 1.56. The van der Waals surface area contributed by atoms with Crippen LogP contribution in [0, 0.1) is 0 Å². The largest absolute Gasteiger partial charge is 0.475 e. The van der Waals surface area contributed by atoms with E-state index in [2.05, 4.69) is 0 Å². The number of ether oxygens (including phenoxy) is 1. The predicted molar refractivity (Wildman–Crippen MR) is 55.4 cm³/mol. The Labute approximate surface area is 83.2 Å². The molecule has 0 aromatic heterocycles. The summed E-state index contributed by atoms with van der Waals surface area (Å²) < 4.78 is 5.34. The van der Waals surface area contributed by atoms with Crippen LogP contribution >= 0.6 is 0 Å². The van der Waals surface area contributed by atoms with Crippen LogP contribution in [0.3, 0.4) is 0 Å². The van der Waals surface area contributed by atoms with Crippen LogP contribution in [0.2, 0.25) is 0 Å². The SMILES string of the molecule is CC(N)Oc1ccccc1/C=C/[C]=O. The summed E-state index contributed by atoms with van der Waals surface area (Å²) in [5, 5.41) is 0. The van der Waals surface area contributed by atoms with Crippen molar-refractivity contribution in [3.63, 3.8) is 0 Å². The molecular formula is C11H12NO2. The molecule has 1 atom stereocenters. The smallest absolute Gasteiger partial charge is 0.225 e. The van der Waals surface area contributed by atoms with Crippen LogP contribution in [0.15, 0.2) is 30.3 Å². The van der Waals surface area contributed by atoms with Crippen LogP contribution in [0.1, 0.15) is 12.5 Å². The second-order valence-electron chi connectivity index (χ2n) is 2.81. The highest BCUT2D eigenvalue weighted by Crippen LogP contribution is 2.19. The molecule has 3 nitrogen and oxygen atoms in total. The van der Waals surface area contributed by atoms with Gasteiger partial charge in [-0.2, -0.15) is 0 Å². The van der Waals surface area contributed by atoms with E-state index in [4.69, 9.17) is 10.5 Å². The van der Waals surface area contributed by atoms with Crippen molar-refractivity contribution in [2.24, 2.45) is 5.73 Å². The molecule has 0 saturated carbocycles. The van der Waals surface area contributed by atoms with Crippen LogP contribution in [0.25, 0.3) is 6.08 Å².